The summed E-state index contributed by atoms with van der Waals surface area (Å²) < 4.78 is 5.44. The summed E-state index contributed by atoms with van der Waals surface area (Å²) in [4.78, 5) is 15.6. The molecular weight excluding hydrogens is 220 g/mol. The minimum absolute atomic E-state index is 0.0336. The van der Waals surface area contributed by atoms with Crippen LogP contribution in [0.15, 0.2) is 4.42 Å². The lowest BCUT2D eigenvalue weighted by molar-refractivity contribution is 0.0656. The van der Waals surface area contributed by atoms with Crippen molar-refractivity contribution in [3.8, 4) is 0 Å². The molecule has 0 spiro atoms. The molecule has 0 radical (unpaired) electrons. The minimum atomic E-state index is -1.01. The topological polar surface area (TPSA) is 75.4 Å². The molecule has 5 heteroatoms. The quantitative estimate of drug-likeness (QED) is 0.840. The lowest BCUT2D eigenvalue weighted by Gasteiger charge is -2.21. The van der Waals surface area contributed by atoms with Gasteiger partial charge in [-0.3, -0.25) is 0 Å². The molecule has 1 saturated heterocycles. The van der Waals surface area contributed by atoms with Crippen LogP contribution < -0.4 is 5.32 Å². The van der Waals surface area contributed by atoms with Crippen LogP contribution in [0, 0.1) is 0 Å². The molecule has 1 aliphatic carbocycles. The average molecular weight is 236 g/mol. The molecule has 92 valence electrons. The number of aromatic nitrogens is 1. The first-order valence-electron chi connectivity index (χ1n) is 6.23. The number of aromatic carboxylic acids is 1. The molecule has 17 heavy (non-hydrogen) atoms. The summed E-state index contributed by atoms with van der Waals surface area (Å²) in [5.74, 6) is -0.0151. The fourth-order valence-electron chi connectivity index (χ4n) is 2.49. The second kappa shape index (κ2) is 4.14. The van der Waals surface area contributed by atoms with Crippen molar-refractivity contribution < 1.29 is 14.3 Å². The number of hydrogen-bond donors (Lipinski definition) is 2. The van der Waals surface area contributed by atoms with E-state index in [1.165, 1.54) is 6.42 Å². The van der Waals surface area contributed by atoms with Crippen LogP contribution in [0.1, 0.15) is 66.2 Å². The van der Waals surface area contributed by atoms with Crippen molar-refractivity contribution in [2.24, 2.45) is 0 Å². The van der Waals surface area contributed by atoms with Crippen molar-refractivity contribution in [2.75, 3.05) is 6.54 Å². The van der Waals surface area contributed by atoms with Crippen LogP contribution in [0.2, 0.25) is 0 Å². The SMILES string of the molecule is O=C(O)c1oc(C2CCC2)nc1C1CCCN1. The van der Waals surface area contributed by atoms with Gasteiger partial charge in [-0.25, -0.2) is 9.78 Å². The third-order valence-electron chi connectivity index (χ3n) is 3.71. The smallest absolute Gasteiger partial charge is 0.373 e. The zero-order valence-electron chi connectivity index (χ0n) is 9.61. The Hall–Kier alpha value is -1.36. The molecule has 1 aromatic heterocycles. The predicted molar refractivity (Wildman–Crippen MR) is 60.0 cm³/mol. The highest BCUT2D eigenvalue weighted by Crippen LogP contribution is 2.38. The zero-order valence-corrected chi connectivity index (χ0v) is 9.61. The maximum absolute atomic E-state index is 11.2. The number of rotatable bonds is 3. The van der Waals surface area contributed by atoms with Gasteiger partial charge in [-0.1, -0.05) is 6.42 Å². The first kappa shape index (κ1) is 10.8. The van der Waals surface area contributed by atoms with Gasteiger partial charge in [0.25, 0.3) is 0 Å². The molecule has 1 unspecified atom stereocenters. The van der Waals surface area contributed by atoms with E-state index < -0.39 is 5.97 Å². The van der Waals surface area contributed by atoms with E-state index in [2.05, 4.69) is 10.3 Å². The monoisotopic (exact) mass is 236 g/mol. The van der Waals surface area contributed by atoms with Gasteiger partial charge < -0.3 is 14.8 Å². The van der Waals surface area contributed by atoms with Gasteiger partial charge in [-0.15, -0.1) is 0 Å². The molecule has 1 aliphatic heterocycles. The van der Waals surface area contributed by atoms with Gasteiger partial charge in [0.05, 0.1) is 6.04 Å². The summed E-state index contributed by atoms with van der Waals surface area (Å²) in [6.07, 6.45) is 5.33. The van der Waals surface area contributed by atoms with Crippen molar-refractivity contribution >= 4 is 5.97 Å². The molecule has 2 fully saturated rings. The predicted octanol–water partition coefficient (Wildman–Crippen LogP) is 2.06. The molecule has 0 aromatic carbocycles. The molecule has 1 atom stereocenters. The Kier molecular flexibility index (Phi) is 2.63. The number of nitrogens with zero attached hydrogens (tertiary/aromatic N) is 1. The van der Waals surface area contributed by atoms with Gasteiger partial charge >= 0.3 is 5.97 Å². The largest absolute Gasteiger partial charge is 0.475 e. The Labute approximate surface area is 99.2 Å². The van der Waals surface area contributed by atoms with Crippen LogP contribution in [0.3, 0.4) is 0 Å². The van der Waals surface area contributed by atoms with Gasteiger partial charge in [-0.2, -0.15) is 0 Å². The Bertz CT molecular complexity index is 431. The summed E-state index contributed by atoms with van der Waals surface area (Å²) in [5.41, 5.74) is 0.594. The fourth-order valence-corrected chi connectivity index (χ4v) is 2.49. The lowest BCUT2D eigenvalue weighted by Crippen LogP contribution is -2.16. The van der Waals surface area contributed by atoms with Crippen LogP contribution >= 0.6 is 0 Å². The van der Waals surface area contributed by atoms with E-state index in [4.69, 9.17) is 9.52 Å². The van der Waals surface area contributed by atoms with E-state index in [1.807, 2.05) is 0 Å². The molecule has 2 aliphatic rings. The van der Waals surface area contributed by atoms with E-state index in [9.17, 15) is 4.79 Å². The van der Waals surface area contributed by atoms with Crippen LogP contribution in [-0.2, 0) is 0 Å². The molecule has 2 heterocycles. The van der Waals surface area contributed by atoms with Crippen LogP contribution in [0.4, 0.5) is 0 Å². The zero-order chi connectivity index (χ0) is 11.8. The average Bonchev–Trinajstić information content (AvgIpc) is 2.79. The van der Waals surface area contributed by atoms with Crippen molar-refractivity contribution in [2.45, 2.75) is 44.1 Å². The Morgan fingerprint density at radius 1 is 1.35 bits per heavy atom. The van der Waals surface area contributed by atoms with E-state index in [-0.39, 0.29) is 11.8 Å². The fraction of sp³-hybridized carbons (Fsp3) is 0.667. The van der Waals surface area contributed by atoms with Crippen molar-refractivity contribution in [3.05, 3.63) is 17.3 Å². The number of oxazole rings is 1. The summed E-state index contributed by atoms with van der Waals surface area (Å²) in [7, 11) is 0. The Morgan fingerprint density at radius 3 is 2.71 bits per heavy atom. The first-order valence-corrected chi connectivity index (χ1v) is 6.23. The molecule has 1 saturated carbocycles. The summed E-state index contributed by atoms with van der Waals surface area (Å²) in [5, 5.41) is 12.4. The number of carboxylic acids is 1. The van der Waals surface area contributed by atoms with E-state index in [1.54, 1.807) is 0 Å². The van der Waals surface area contributed by atoms with Crippen LogP contribution in [0.25, 0.3) is 0 Å². The first-order chi connectivity index (χ1) is 8.25. The minimum Gasteiger partial charge on any atom is -0.475 e. The van der Waals surface area contributed by atoms with Gasteiger partial charge in [0.1, 0.15) is 5.69 Å². The molecule has 1 aromatic rings. The van der Waals surface area contributed by atoms with Crippen molar-refractivity contribution in [1.82, 2.24) is 10.3 Å². The lowest BCUT2D eigenvalue weighted by atomic mass is 9.85. The van der Waals surface area contributed by atoms with Crippen molar-refractivity contribution in [3.63, 3.8) is 0 Å². The summed E-state index contributed by atoms with van der Waals surface area (Å²) in [6.45, 7) is 0.926. The normalized spacial score (nSPS) is 24.8. The number of nitrogens with one attached hydrogen (secondary N) is 1. The van der Waals surface area contributed by atoms with Gasteiger partial charge in [-0.05, 0) is 32.2 Å². The Morgan fingerprint density at radius 2 is 2.18 bits per heavy atom. The maximum Gasteiger partial charge on any atom is 0.373 e. The third kappa shape index (κ3) is 1.84. The third-order valence-corrected chi connectivity index (χ3v) is 3.71. The van der Waals surface area contributed by atoms with Gasteiger partial charge in [0.2, 0.25) is 5.76 Å². The van der Waals surface area contributed by atoms with Crippen LogP contribution in [0.5, 0.6) is 0 Å². The molecule has 2 N–H and O–H groups in total. The molecule has 0 amide bonds. The second-order valence-corrected chi connectivity index (χ2v) is 4.85. The van der Waals surface area contributed by atoms with Gasteiger partial charge in [0, 0.05) is 5.92 Å². The highest BCUT2D eigenvalue weighted by atomic mass is 16.4. The van der Waals surface area contributed by atoms with Crippen LogP contribution in [-0.4, -0.2) is 22.6 Å². The molecule has 0 bridgehead atoms. The summed E-state index contributed by atoms with van der Waals surface area (Å²) >= 11 is 0. The highest BCUT2D eigenvalue weighted by Gasteiger charge is 2.32. The number of carbonyl (C=O) groups is 1. The Balaban J connectivity index is 1.93. The highest BCUT2D eigenvalue weighted by molar-refractivity contribution is 5.85. The second-order valence-electron chi connectivity index (χ2n) is 4.85. The van der Waals surface area contributed by atoms with Gasteiger partial charge in [0.15, 0.2) is 5.89 Å². The molecular formula is C12H16N2O3. The molecule has 5 nitrogen and oxygen atoms in total. The molecule has 3 rings (SSSR count). The van der Waals surface area contributed by atoms with E-state index in [0.717, 1.165) is 32.2 Å². The standard InChI is InChI=1S/C12H16N2O3/c15-12(16)10-9(8-5-2-6-13-8)14-11(17-10)7-3-1-4-7/h7-8,13H,1-6H2,(H,15,16). The number of carboxylic acid groups (broad SMARTS) is 1. The van der Waals surface area contributed by atoms with E-state index in [0.29, 0.717) is 17.5 Å². The van der Waals surface area contributed by atoms with Crippen molar-refractivity contribution in [1.29, 1.82) is 0 Å². The number of hydrogen-bond acceptors (Lipinski definition) is 4. The summed E-state index contributed by atoms with van der Waals surface area (Å²) in [6, 6.07) is 0.0543. The van der Waals surface area contributed by atoms with E-state index >= 15 is 0 Å². The maximum atomic E-state index is 11.2.